The number of aromatic amines is 1. The van der Waals surface area contributed by atoms with Gasteiger partial charge in [-0.3, -0.25) is 0 Å². The van der Waals surface area contributed by atoms with Crippen LogP contribution in [0.1, 0.15) is 17.0 Å². The van der Waals surface area contributed by atoms with E-state index in [1.807, 2.05) is 30.3 Å². The van der Waals surface area contributed by atoms with E-state index < -0.39 is 0 Å². The van der Waals surface area contributed by atoms with E-state index in [0.29, 0.717) is 11.6 Å². The van der Waals surface area contributed by atoms with Crippen LogP contribution in [0.25, 0.3) is 11.0 Å². The molecule has 3 aromatic rings. The van der Waals surface area contributed by atoms with Crippen molar-refractivity contribution >= 4 is 22.6 Å². The number of hydrogen-bond donors (Lipinski definition) is 1. The maximum Gasteiger partial charge on any atom is 0.146 e. The topological polar surface area (TPSA) is 37.9 Å². The van der Waals surface area contributed by atoms with Crippen molar-refractivity contribution in [3.05, 3.63) is 58.4 Å². The van der Waals surface area contributed by atoms with Gasteiger partial charge >= 0.3 is 0 Å². The lowest BCUT2D eigenvalue weighted by Gasteiger charge is -2.06. The number of rotatable bonds is 3. The summed E-state index contributed by atoms with van der Waals surface area (Å²) in [6.45, 7) is 4.57. The lowest BCUT2D eigenvalue weighted by atomic mass is 10.1. The molecule has 0 spiro atoms. The van der Waals surface area contributed by atoms with Crippen LogP contribution in [0, 0.1) is 13.8 Å². The minimum atomic E-state index is 0.412. The first-order chi connectivity index (χ1) is 9.61. The Kier molecular flexibility index (Phi) is 3.36. The molecule has 0 atom stereocenters. The third-order valence-electron chi connectivity index (χ3n) is 3.35. The summed E-state index contributed by atoms with van der Waals surface area (Å²) in [5, 5.41) is 0.697. The molecular formula is C16H15ClN2O. The van der Waals surface area contributed by atoms with E-state index in [9.17, 15) is 0 Å². The summed E-state index contributed by atoms with van der Waals surface area (Å²) in [5.74, 6) is 1.65. The van der Waals surface area contributed by atoms with Crippen LogP contribution in [-0.2, 0) is 6.61 Å². The molecule has 1 heterocycles. The van der Waals surface area contributed by atoms with Crippen LogP contribution in [0.5, 0.6) is 5.75 Å². The van der Waals surface area contributed by atoms with Crippen LogP contribution >= 0.6 is 11.6 Å². The molecule has 0 aliphatic carbocycles. The van der Waals surface area contributed by atoms with Gasteiger partial charge in [0, 0.05) is 5.02 Å². The van der Waals surface area contributed by atoms with Crippen LogP contribution in [0.4, 0.5) is 0 Å². The molecule has 1 N–H and O–H groups in total. The number of benzene rings is 2. The average Bonchev–Trinajstić information content (AvgIpc) is 2.82. The first-order valence-electron chi connectivity index (χ1n) is 6.46. The van der Waals surface area contributed by atoms with E-state index in [-0.39, 0.29) is 0 Å². The molecule has 0 aliphatic rings. The highest BCUT2D eigenvalue weighted by Gasteiger charge is 2.04. The minimum Gasteiger partial charge on any atom is -0.486 e. The molecule has 0 amide bonds. The van der Waals surface area contributed by atoms with E-state index in [4.69, 9.17) is 16.3 Å². The molecule has 2 aromatic carbocycles. The second kappa shape index (κ2) is 5.17. The molecule has 0 saturated carbocycles. The molecule has 0 saturated heterocycles. The normalized spacial score (nSPS) is 10.9. The molecule has 102 valence electrons. The number of hydrogen-bond acceptors (Lipinski definition) is 2. The van der Waals surface area contributed by atoms with E-state index in [2.05, 4.69) is 29.9 Å². The number of nitrogens with zero attached hydrogens (tertiary/aromatic N) is 1. The molecule has 3 nitrogen and oxygen atoms in total. The summed E-state index contributed by atoms with van der Waals surface area (Å²) in [4.78, 5) is 7.68. The Bertz CT molecular complexity index is 764. The van der Waals surface area contributed by atoms with Gasteiger partial charge in [0.2, 0.25) is 0 Å². The second-order valence-electron chi connectivity index (χ2n) is 4.88. The zero-order chi connectivity index (χ0) is 14.1. The average molecular weight is 287 g/mol. The third kappa shape index (κ3) is 2.63. The Labute approximate surface area is 122 Å². The Hall–Kier alpha value is -2.00. The number of nitrogens with one attached hydrogen (secondary N) is 1. The van der Waals surface area contributed by atoms with E-state index >= 15 is 0 Å². The van der Waals surface area contributed by atoms with Crippen LogP contribution in [0.2, 0.25) is 5.02 Å². The Morgan fingerprint density at radius 2 is 1.95 bits per heavy atom. The predicted octanol–water partition coefficient (Wildman–Crippen LogP) is 4.41. The summed E-state index contributed by atoms with van der Waals surface area (Å²) in [6.07, 6.45) is 0. The monoisotopic (exact) mass is 286 g/mol. The molecule has 0 aliphatic heterocycles. The first-order valence-corrected chi connectivity index (χ1v) is 6.84. The molecule has 0 fully saturated rings. The molecular weight excluding hydrogens is 272 g/mol. The Balaban J connectivity index is 1.77. The van der Waals surface area contributed by atoms with Crippen LogP contribution in [-0.4, -0.2) is 9.97 Å². The lowest BCUT2D eigenvalue weighted by Crippen LogP contribution is -1.97. The smallest absolute Gasteiger partial charge is 0.146 e. The second-order valence-corrected chi connectivity index (χ2v) is 5.32. The van der Waals surface area contributed by atoms with Gasteiger partial charge < -0.3 is 9.72 Å². The van der Waals surface area contributed by atoms with Gasteiger partial charge in [0.15, 0.2) is 0 Å². The van der Waals surface area contributed by atoms with Crippen molar-refractivity contribution < 1.29 is 4.74 Å². The van der Waals surface area contributed by atoms with Gasteiger partial charge in [-0.05, 0) is 55.3 Å². The Morgan fingerprint density at radius 1 is 1.10 bits per heavy atom. The summed E-state index contributed by atoms with van der Waals surface area (Å²) in [7, 11) is 0. The highest BCUT2D eigenvalue weighted by atomic mass is 35.5. The van der Waals surface area contributed by atoms with Crippen molar-refractivity contribution in [2.45, 2.75) is 20.5 Å². The van der Waals surface area contributed by atoms with Crippen molar-refractivity contribution in [1.82, 2.24) is 9.97 Å². The standard InChI is InChI=1S/C16H15ClN2O/c1-10-3-5-13(7-11(10)2)20-9-16-18-14-6-4-12(17)8-15(14)19-16/h3-8H,9H2,1-2H3,(H,18,19). The van der Waals surface area contributed by atoms with Gasteiger partial charge in [0.05, 0.1) is 11.0 Å². The van der Waals surface area contributed by atoms with Crippen molar-refractivity contribution in [3.8, 4) is 5.75 Å². The maximum atomic E-state index is 5.95. The van der Waals surface area contributed by atoms with Gasteiger partial charge in [0.25, 0.3) is 0 Å². The van der Waals surface area contributed by atoms with E-state index in [1.54, 1.807) is 0 Å². The molecule has 1 aromatic heterocycles. The fraction of sp³-hybridized carbons (Fsp3) is 0.188. The largest absolute Gasteiger partial charge is 0.486 e. The van der Waals surface area contributed by atoms with Crippen molar-refractivity contribution in [1.29, 1.82) is 0 Å². The Morgan fingerprint density at radius 3 is 2.75 bits per heavy atom. The van der Waals surface area contributed by atoms with Crippen molar-refractivity contribution in [2.75, 3.05) is 0 Å². The van der Waals surface area contributed by atoms with E-state index in [1.165, 1.54) is 11.1 Å². The molecule has 3 rings (SSSR count). The molecule has 0 unspecified atom stereocenters. The highest BCUT2D eigenvalue weighted by molar-refractivity contribution is 6.31. The SMILES string of the molecule is Cc1ccc(OCc2nc3ccc(Cl)cc3[nH]2)cc1C. The quantitative estimate of drug-likeness (QED) is 0.774. The van der Waals surface area contributed by atoms with Gasteiger partial charge in [-0.1, -0.05) is 17.7 Å². The fourth-order valence-electron chi connectivity index (χ4n) is 2.06. The zero-order valence-electron chi connectivity index (χ0n) is 11.4. The first kappa shape index (κ1) is 13.0. The number of imidazole rings is 1. The van der Waals surface area contributed by atoms with Gasteiger partial charge in [0.1, 0.15) is 18.2 Å². The lowest BCUT2D eigenvalue weighted by molar-refractivity contribution is 0.297. The molecule has 0 radical (unpaired) electrons. The van der Waals surface area contributed by atoms with Crippen LogP contribution in [0.3, 0.4) is 0 Å². The third-order valence-corrected chi connectivity index (χ3v) is 3.58. The van der Waals surface area contributed by atoms with Gasteiger partial charge in [-0.15, -0.1) is 0 Å². The summed E-state index contributed by atoms with van der Waals surface area (Å²) in [6, 6.07) is 11.7. The number of halogens is 1. The summed E-state index contributed by atoms with van der Waals surface area (Å²) < 4.78 is 5.76. The molecule has 4 heteroatoms. The van der Waals surface area contributed by atoms with Gasteiger partial charge in [-0.25, -0.2) is 4.98 Å². The summed E-state index contributed by atoms with van der Waals surface area (Å²) >= 11 is 5.95. The zero-order valence-corrected chi connectivity index (χ0v) is 12.2. The fourth-order valence-corrected chi connectivity index (χ4v) is 2.23. The number of ether oxygens (including phenoxy) is 1. The maximum absolute atomic E-state index is 5.95. The number of H-pyrrole nitrogens is 1. The van der Waals surface area contributed by atoms with Crippen LogP contribution in [0.15, 0.2) is 36.4 Å². The van der Waals surface area contributed by atoms with Crippen LogP contribution < -0.4 is 4.74 Å². The minimum absolute atomic E-state index is 0.412. The van der Waals surface area contributed by atoms with E-state index in [0.717, 1.165) is 22.6 Å². The molecule has 20 heavy (non-hydrogen) atoms. The number of aryl methyl sites for hydroxylation is 2. The van der Waals surface area contributed by atoms with Crippen molar-refractivity contribution in [2.24, 2.45) is 0 Å². The molecule has 0 bridgehead atoms. The number of fused-ring (bicyclic) bond motifs is 1. The van der Waals surface area contributed by atoms with Gasteiger partial charge in [-0.2, -0.15) is 0 Å². The highest BCUT2D eigenvalue weighted by Crippen LogP contribution is 2.20. The predicted molar refractivity (Wildman–Crippen MR) is 81.4 cm³/mol. The summed E-state index contributed by atoms with van der Waals surface area (Å²) in [5.41, 5.74) is 4.30. The van der Waals surface area contributed by atoms with Crippen molar-refractivity contribution in [3.63, 3.8) is 0 Å². The number of aromatic nitrogens is 2.